The summed E-state index contributed by atoms with van der Waals surface area (Å²) in [6.07, 6.45) is 4.76. The van der Waals surface area contributed by atoms with Crippen LogP contribution in [0.1, 0.15) is 36.4 Å². The minimum atomic E-state index is 0. The van der Waals surface area contributed by atoms with Crippen molar-refractivity contribution >= 4 is 42.1 Å². The number of likely N-dealkylation sites (N-methyl/N-ethyl adjacent to an activating group) is 1. The molecular weight excluding hydrogens is 329 g/mol. The molecule has 1 aliphatic heterocycles. The third kappa shape index (κ3) is 6.51. The number of hydrogen-bond acceptors (Lipinski definition) is 4. The zero-order valence-corrected chi connectivity index (χ0v) is 15.1. The Morgan fingerprint density at radius 3 is 2.90 bits per heavy atom. The number of thiazole rings is 1. The highest BCUT2D eigenvalue weighted by Crippen LogP contribution is 2.14. The number of nitrogens with zero attached hydrogens (tertiary/aromatic N) is 2. The normalized spacial score (nSPS) is 17.8. The molecule has 21 heavy (non-hydrogen) atoms. The Morgan fingerprint density at radius 1 is 1.52 bits per heavy atom. The zero-order chi connectivity index (χ0) is 13.7. The first kappa shape index (κ1) is 20.6. The van der Waals surface area contributed by atoms with Crippen molar-refractivity contribution in [3.63, 3.8) is 0 Å². The van der Waals surface area contributed by atoms with Crippen molar-refractivity contribution in [3.8, 4) is 0 Å². The van der Waals surface area contributed by atoms with Gasteiger partial charge in [-0.25, -0.2) is 4.98 Å². The molecule has 1 N–H and O–H groups in total. The number of amides is 1. The molecule has 1 amide bonds. The molecule has 0 bridgehead atoms. The van der Waals surface area contributed by atoms with Gasteiger partial charge in [0.15, 0.2) is 0 Å². The number of likely N-dealkylation sites (tertiary alicyclic amines) is 1. The molecule has 1 aliphatic rings. The minimum Gasteiger partial charge on any atom is -0.341 e. The molecule has 0 spiro atoms. The van der Waals surface area contributed by atoms with Crippen LogP contribution in [0.2, 0.25) is 0 Å². The Kier molecular flexibility index (Phi) is 10.2. The van der Waals surface area contributed by atoms with Crippen LogP contribution in [-0.2, 0) is 11.2 Å². The van der Waals surface area contributed by atoms with Crippen LogP contribution in [0.15, 0.2) is 5.38 Å². The molecule has 2 rings (SSSR count). The first-order valence-corrected chi connectivity index (χ1v) is 7.93. The van der Waals surface area contributed by atoms with Gasteiger partial charge in [-0.15, -0.1) is 36.2 Å². The van der Waals surface area contributed by atoms with Crippen molar-refractivity contribution in [1.29, 1.82) is 0 Å². The largest absolute Gasteiger partial charge is 0.341 e. The van der Waals surface area contributed by atoms with Gasteiger partial charge in [-0.1, -0.05) is 0 Å². The van der Waals surface area contributed by atoms with Crippen LogP contribution in [0.4, 0.5) is 0 Å². The van der Waals surface area contributed by atoms with E-state index in [4.69, 9.17) is 0 Å². The highest BCUT2D eigenvalue weighted by Gasteiger charge is 2.21. The molecule has 1 aromatic heterocycles. The van der Waals surface area contributed by atoms with E-state index in [1.54, 1.807) is 11.3 Å². The Balaban J connectivity index is 0.00000200. The van der Waals surface area contributed by atoms with Crippen LogP contribution in [0.25, 0.3) is 0 Å². The number of aryl methyl sites for hydroxylation is 2. The molecule has 7 heteroatoms. The summed E-state index contributed by atoms with van der Waals surface area (Å²) in [6, 6.07) is 0.471. The molecule has 122 valence electrons. The van der Waals surface area contributed by atoms with Gasteiger partial charge in [0, 0.05) is 30.9 Å². The van der Waals surface area contributed by atoms with Gasteiger partial charge in [0.05, 0.1) is 10.7 Å². The fourth-order valence-electron chi connectivity index (χ4n) is 2.54. The summed E-state index contributed by atoms with van der Waals surface area (Å²) in [5, 5.41) is 6.47. The molecule has 0 radical (unpaired) electrons. The first-order chi connectivity index (χ1) is 9.19. The number of carbonyl (C=O) groups excluding carboxylic acids is 1. The maximum atomic E-state index is 12.1. The van der Waals surface area contributed by atoms with Crippen LogP contribution in [-0.4, -0.2) is 42.0 Å². The zero-order valence-electron chi connectivity index (χ0n) is 12.6. The number of carbonyl (C=O) groups is 1. The van der Waals surface area contributed by atoms with Crippen LogP contribution in [0, 0.1) is 6.92 Å². The third-order valence-corrected chi connectivity index (χ3v) is 4.49. The van der Waals surface area contributed by atoms with Gasteiger partial charge >= 0.3 is 0 Å². The van der Waals surface area contributed by atoms with Crippen molar-refractivity contribution in [2.24, 2.45) is 0 Å². The number of nitrogens with one attached hydrogen (secondary N) is 1. The molecule has 0 saturated carbocycles. The van der Waals surface area contributed by atoms with Crippen LogP contribution in [0.5, 0.6) is 0 Å². The fraction of sp³-hybridized carbons (Fsp3) is 0.714. The second kappa shape index (κ2) is 10.4. The maximum Gasteiger partial charge on any atom is 0.222 e. The number of rotatable bonds is 5. The summed E-state index contributed by atoms with van der Waals surface area (Å²) in [6.45, 7) is 3.81. The van der Waals surface area contributed by atoms with Crippen molar-refractivity contribution in [3.05, 3.63) is 16.1 Å². The summed E-state index contributed by atoms with van der Waals surface area (Å²) in [4.78, 5) is 18.6. The van der Waals surface area contributed by atoms with E-state index in [1.165, 1.54) is 6.42 Å². The highest BCUT2D eigenvalue weighted by molar-refractivity contribution is 7.09. The van der Waals surface area contributed by atoms with Gasteiger partial charge in [0.2, 0.25) is 5.91 Å². The average molecular weight is 354 g/mol. The van der Waals surface area contributed by atoms with Crippen LogP contribution >= 0.6 is 36.2 Å². The topological polar surface area (TPSA) is 45.2 Å². The lowest BCUT2D eigenvalue weighted by molar-refractivity contribution is -0.132. The molecule has 0 aliphatic carbocycles. The van der Waals surface area contributed by atoms with Gasteiger partial charge in [-0.2, -0.15) is 0 Å². The lowest BCUT2D eigenvalue weighted by atomic mass is 10.1. The number of hydrogen-bond donors (Lipinski definition) is 1. The van der Waals surface area contributed by atoms with Crippen LogP contribution in [0.3, 0.4) is 0 Å². The van der Waals surface area contributed by atoms with Gasteiger partial charge < -0.3 is 10.2 Å². The Bertz CT molecular complexity index is 428. The van der Waals surface area contributed by atoms with Gasteiger partial charge in [-0.05, 0) is 39.7 Å². The fourth-order valence-corrected chi connectivity index (χ4v) is 3.19. The van der Waals surface area contributed by atoms with E-state index in [-0.39, 0.29) is 24.8 Å². The molecule has 1 saturated heterocycles. The van der Waals surface area contributed by atoms with Gasteiger partial charge in [0.1, 0.15) is 0 Å². The van der Waals surface area contributed by atoms with Crippen LogP contribution < -0.4 is 5.32 Å². The van der Waals surface area contributed by atoms with Gasteiger partial charge in [-0.3, -0.25) is 4.79 Å². The van der Waals surface area contributed by atoms with Crippen molar-refractivity contribution in [2.75, 3.05) is 20.1 Å². The molecule has 2 heterocycles. The number of halogens is 2. The Labute approximate surface area is 143 Å². The SMILES string of the molecule is CNC1CCCN(C(=O)CCCc2csc(C)n2)C1.Cl.Cl. The summed E-state index contributed by atoms with van der Waals surface area (Å²) in [7, 11) is 1.98. The molecule has 4 nitrogen and oxygen atoms in total. The summed E-state index contributed by atoms with van der Waals surface area (Å²) in [5.74, 6) is 0.298. The molecule has 1 aromatic rings. The van der Waals surface area contributed by atoms with Crippen molar-refractivity contribution in [1.82, 2.24) is 15.2 Å². The Hall–Kier alpha value is -0.360. The predicted molar refractivity (Wildman–Crippen MR) is 92.9 cm³/mol. The quantitative estimate of drug-likeness (QED) is 0.884. The third-order valence-electron chi connectivity index (χ3n) is 3.67. The van der Waals surface area contributed by atoms with E-state index >= 15 is 0 Å². The number of aromatic nitrogens is 1. The first-order valence-electron chi connectivity index (χ1n) is 7.05. The molecular formula is C14H25Cl2N3OS. The highest BCUT2D eigenvalue weighted by atomic mass is 35.5. The monoisotopic (exact) mass is 353 g/mol. The molecule has 0 aromatic carbocycles. The molecule has 1 atom stereocenters. The summed E-state index contributed by atoms with van der Waals surface area (Å²) < 4.78 is 0. The maximum absolute atomic E-state index is 12.1. The second-order valence-corrected chi connectivity index (χ2v) is 6.24. The van der Waals surface area contributed by atoms with Crippen molar-refractivity contribution in [2.45, 2.75) is 45.1 Å². The summed E-state index contributed by atoms with van der Waals surface area (Å²) >= 11 is 1.68. The van der Waals surface area contributed by atoms with E-state index in [0.29, 0.717) is 18.4 Å². The van der Waals surface area contributed by atoms with E-state index in [2.05, 4.69) is 15.7 Å². The van der Waals surface area contributed by atoms with E-state index in [1.807, 2.05) is 18.9 Å². The van der Waals surface area contributed by atoms with E-state index < -0.39 is 0 Å². The lowest BCUT2D eigenvalue weighted by Crippen LogP contribution is -2.46. The number of piperidine rings is 1. The lowest BCUT2D eigenvalue weighted by Gasteiger charge is -2.32. The second-order valence-electron chi connectivity index (χ2n) is 5.18. The molecule has 1 unspecified atom stereocenters. The van der Waals surface area contributed by atoms with Crippen molar-refractivity contribution < 1.29 is 4.79 Å². The van der Waals surface area contributed by atoms with E-state index in [0.717, 1.165) is 43.1 Å². The van der Waals surface area contributed by atoms with E-state index in [9.17, 15) is 4.79 Å². The molecule has 1 fully saturated rings. The standard InChI is InChI=1S/C14H23N3OS.2ClH/c1-11-16-13(10-19-11)5-3-7-14(18)17-8-4-6-12(9-17)15-2;;/h10,12,15H,3-9H2,1-2H3;2*1H. The minimum absolute atomic E-state index is 0. The summed E-state index contributed by atoms with van der Waals surface area (Å²) in [5.41, 5.74) is 1.13. The average Bonchev–Trinajstić information content (AvgIpc) is 2.84. The van der Waals surface area contributed by atoms with Gasteiger partial charge in [0.25, 0.3) is 0 Å². The predicted octanol–water partition coefficient (Wildman–Crippen LogP) is 2.83. The smallest absolute Gasteiger partial charge is 0.222 e. The Morgan fingerprint density at radius 2 is 2.29 bits per heavy atom.